The first-order valence-electron chi connectivity index (χ1n) is 11.4. The quantitative estimate of drug-likeness (QED) is 0.339. The number of nitrogens with zero attached hydrogens (tertiary/aromatic N) is 5. The number of rotatable bonds is 7. The molecule has 2 aromatic heterocycles. The summed E-state index contributed by atoms with van der Waals surface area (Å²) < 4.78 is 39.7. The van der Waals surface area contributed by atoms with Crippen LogP contribution in [0.15, 0.2) is 41.5 Å². The number of aryl methyl sites for hydroxylation is 1. The number of carbonyl (C=O) groups is 1. The number of fused-ring (bicyclic) bond motifs is 3. The molecule has 14 heteroatoms. The van der Waals surface area contributed by atoms with Gasteiger partial charge in [-0.25, -0.2) is 13.8 Å². The molecule has 0 unspecified atom stereocenters. The number of aromatic nitrogens is 3. The summed E-state index contributed by atoms with van der Waals surface area (Å²) in [5.74, 6) is -3.10. The van der Waals surface area contributed by atoms with Crippen molar-refractivity contribution in [2.75, 3.05) is 56.6 Å². The molecule has 1 aliphatic rings. The van der Waals surface area contributed by atoms with Gasteiger partial charge in [-0.15, -0.1) is 0 Å². The summed E-state index contributed by atoms with van der Waals surface area (Å²) in [6.45, 7) is -1.53. The maximum atomic E-state index is 14.0. The molecular formula is C24H26ClF2N7O4. The van der Waals surface area contributed by atoms with Gasteiger partial charge in [-0.3, -0.25) is 14.5 Å². The fraction of sp³-hybridized carbons (Fsp3) is 0.333. The highest BCUT2D eigenvalue weighted by Gasteiger charge is 2.35. The van der Waals surface area contributed by atoms with E-state index < -0.39 is 24.6 Å². The molecule has 0 saturated carbocycles. The number of pyridine rings is 1. The zero-order valence-corrected chi connectivity index (χ0v) is 21.8. The molecule has 0 fully saturated rings. The molecule has 0 radical (unpaired) electrons. The van der Waals surface area contributed by atoms with Crippen molar-refractivity contribution in [3.63, 3.8) is 0 Å². The molecular weight excluding hydrogens is 524 g/mol. The van der Waals surface area contributed by atoms with Crippen molar-refractivity contribution in [2.45, 2.75) is 5.92 Å². The van der Waals surface area contributed by atoms with E-state index in [0.717, 1.165) is 0 Å². The highest BCUT2D eigenvalue weighted by molar-refractivity contribution is 6.33. The van der Waals surface area contributed by atoms with Crippen LogP contribution in [0.25, 0.3) is 10.9 Å². The van der Waals surface area contributed by atoms with E-state index in [1.54, 1.807) is 32.3 Å². The van der Waals surface area contributed by atoms with Gasteiger partial charge in [0, 0.05) is 51.6 Å². The smallest absolute Gasteiger partial charge is 0.298 e. The van der Waals surface area contributed by atoms with E-state index in [1.165, 1.54) is 47.0 Å². The molecule has 0 saturated heterocycles. The van der Waals surface area contributed by atoms with E-state index in [4.69, 9.17) is 21.1 Å². The van der Waals surface area contributed by atoms with Crippen LogP contribution in [-0.2, 0) is 16.6 Å². The SMILES string of the molecule is COCN(/C=C/C(=O)N(C)C)c1ncc(Cl)c(Nc2ccc3c(c2)c2c(c(=O)n3C)OCC(F)(F)CN2)n1. The topological polar surface area (TPSA) is 114 Å². The minimum absolute atomic E-state index is 0.0602. The summed E-state index contributed by atoms with van der Waals surface area (Å²) in [5.41, 5.74) is 0.678. The van der Waals surface area contributed by atoms with Crippen LogP contribution in [-0.4, -0.2) is 72.4 Å². The highest BCUT2D eigenvalue weighted by Crippen LogP contribution is 2.36. The van der Waals surface area contributed by atoms with Crippen LogP contribution in [0, 0.1) is 0 Å². The van der Waals surface area contributed by atoms with E-state index in [9.17, 15) is 18.4 Å². The Balaban J connectivity index is 1.71. The number of hydrogen-bond acceptors (Lipinski definition) is 9. The Kier molecular flexibility index (Phi) is 7.69. The number of carbonyl (C=O) groups excluding carboxylic acids is 1. The number of ether oxygens (including phenoxy) is 2. The Hall–Kier alpha value is -3.97. The zero-order valence-electron chi connectivity index (χ0n) is 21.1. The van der Waals surface area contributed by atoms with Crippen molar-refractivity contribution in [2.24, 2.45) is 7.05 Å². The third-order valence-corrected chi connectivity index (χ3v) is 5.94. The molecule has 1 aliphatic heterocycles. The van der Waals surface area contributed by atoms with Gasteiger partial charge < -0.3 is 29.6 Å². The zero-order chi connectivity index (χ0) is 27.6. The number of amides is 1. The predicted molar refractivity (Wildman–Crippen MR) is 141 cm³/mol. The van der Waals surface area contributed by atoms with E-state index in [0.29, 0.717) is 16.6 Å². The van der Waals surface area contributed by atoms with Crippen molar-refractivity contribution < 1.29 is 23.0 Å². The third kappa shape index (κ3) is 5.63. The monoisotopic (exact) mass is 549 g/mol. The second kappa shape index (κ2) is 10.8. The number of benzene rings is 1. The van der Waals surface area contributed by atoms with Crippen molar-refractivity contribution >= 4 is 51.6 Å². The van der Waals surface area contributed by atoms with Gasteiger partial charge in [-0.1, -0.05) is 11.6 Å². The lowest BCUT2D eigenvalue weighted by atomic mass is 10.1. The maximum absolute atomic E-state index is 14.0. The number of nitrogens with one attached hydrogen (secondary N) is 2. The molecule has 3 heterocycles. The Morgan fingerprint density at radius 3 is 2.87 bits per heavy atom. The molecule has 2 N–H and O–H groups in total. The lowest BCUT2D eigenvalue weighted by molar-refractivity contribution is -0.123. The molecule has 0 bridgehead atoms. The van der Waals surface area contributed by atoms with E-state index >= 15 is 0 Å². The second-order valence-corrected chi connectivity index (χ2v) is 9.13. The molecule has 38 heavy (non-hydrogen) atoms. The van der Waals surface area contributed by atoms with Gasteiger partial charge in [-0.2, -0.15) is 4.98 Å². The standard InChI is InChI=1S/C24H26ClF2N7O4/c1-32(2)18(35)7-8-34(13-37-4)23-28-10-16(25)21(31-23)30-14-5-6-17-15(9-14)19-20(22(36)33(17)3)38-12-24(26,27)11-29-19/h5-10,29H,11-13H2,1-4H3,(H,28,30,31)/b8-7+. The van der Waals surface area contributed by atoms with Gasteiger partial charge in [-0.05, 0) is 18.2 Å². The van der Waals surface area contributed by atoms with Crippen molar-refractivity contribution in [1.82, 2.24) is 19.4 Å². The minimum Gasteiger partial charge on any atom is -0.480 e. The van der Waals surface area contributed by atoms with E-state index in [1.807, 2.05) is 0 Å². The van der Waals surface area contributed by atoms with Crippen LogP contribution in [0.2, 0.25) is 5.02 Å². The number of likely N-dealkylation sites (N-methyl/N-ethyl adjacent to an activating group) is 1. The molecule has 0 spiro atoms. The normalized spacial score (nSPS) is 14.4. The van der Waals surface area contributed by atoms with E-state index in [-0.39, 0.29) is 40.9 Å². The van der Waals surface area contributed by atoms with Crippen molar-refractivity contribution in [3.8, 4) is 5.75 Å². The van der Waals surface area contributed by atoms with Gasteiger partial charge in [0.1, 0.15) is 11.8 Å². The van der Waals surface area contributed by atoms with Gasteiger partial charge >= 0.3 is 0 Å². The van der Waals surface area contributed by atoms with Crippen LogP contribution in [0.1, 0.15) is 0 Å². The Morgan fingerprint density at radius 2 is 2.16 bits per heavy atom. The molecule has 202 valence electrons. The summed E-state index contributed by atoms with van der Waals surface area (Å²) >= 11 is 6.35. The minimum atomic E-state index is -3.14. The van der Waals surface area contributed by atoms with Crippen molar-refractivity contribution in [3.05, 3.63) is 52.0 Å². The van der Waals surface area contributed by atoms with Crippen LogP contribution < -0.4 is 25.8 Å². The molecule has 11 nitrogen and oxygen atoms in total. The Morgan fingerprint density at radius 1 is 1.39 bits per heavy atom. The van der Waals surface area contributed by atoms with Crippen LogP contribution in [0.5, 0.6) is 5.75 Å². The lowest BCUT2D eigenvalue weighted by Crippen LogP contribution is -2.31. The Labute approximate surface area is 221 Å². The summed E-state index contributed by atoms with van der Waals surface area (Å²) in [7, 11) is 6.28. The van der Waals surface area contributed by atoms with Crippen LogP contribution in [0.4, 0.5) is 31.9 Å². The average Bonchev–Trinajstić information content (AvgIpc) is 3.04. The number of halogens is 3. The highest BCUT2D eigenvalue weighted by atomic mass is 35.5. The summed E-state index contributed by atoms with van der Waals surface area (Å²) in [5, 5.41) is 6.47. The molecule has 1 amide bonds. The summed E-state index contributed by atoms with van der Waals surface area (Å²) in [4.78, 5) is 36.3. The predicted octanol–water partition coefficient (Wildman–Crippen LogP) is 3.18. The number of hydrogen-bond donors (Lipinski definition) is 2. The summed E-state index contributed by atoms with van der Waals surface area (Å²) in [6.07, 6.45) is 4.23. The van der Waals surface area contributed by atoms with Crippen LogP contribution in [0.3, 0.4) is 0 Å². The van der Waals surface area contributed by atoms with Crippen molar-refractivity contribution in [1.29, 1.82) is 0 Å². The fourth-order valence-corrected chi connectivity index (χ4v) is 3.82. The first-order valence-corrected chi connectivity index (χ1v) is 11.7. The first-order chi connectivity index (χ1) is 18.0. The molecule has 4 rings (SSSR count). The lowest BCUT2D eigenvalue weighted by Gasteiger charge is -2.19. The molecule has 3 aromatic rings. The summed E-state index contributed by atoms with van der Waals surface area (Å²) in [6, 6.07) is 5.04. The number of methoxy groups -OCH3 is 1. The van der Waals surface area contributed by atoms with Gasteiger partial charge in [0.05, 0.1) is 23.9 Å². The average molecular weight is 550 g/mol. The number of anilines is 4. The second-order valence-electron chi connectivity index (χ2n) is 8.73. The Bertz CT molecular complexity index is 1460. The third-order valence-electron chi connectivity index (χ3n) is 5.66. The van der Waals surface area contributed by atoms with Gasteiger partial charge in [0.15, 0.2) is 12.4 Å². The fourth-order valence-electron chi connectivity index (χ4n) is 3.68. The van der Waals surface area contributed by atoms with Gasteiger partial charge in [0.2, 0.25) is 17.6 Å². The maximum Gasteiger partial charge on any atom is 0.298 e. The van der Waals surface area contributed by atoms with Crippen LogP contribution >= 0.6 is 11.6 Å². The molecule has 0 atom stereocenters. The molecule has 1 aromatic carbocycles. The molecule has 0 aliphatic carbocycles. The number of alkyl halides is 2. The largest absolute Gasteiger partial charge is 0.480 e. The van der Waals surface area contributed by atoms with Gasteiger partial charge in [0.25, 0.3) is 11.5 Å². The van der Waals surface area contributed by atoms with E-state index in [2.05, 4.69) is 20.6 Å². The first kappa shape index (κ1) is 27.1.